The average molecular weight is 315 g/mol. The van der Waals surface area contributed by atoms with Gasteiger partial charge in [0.25, 0.3) is 0 Å². The van der Waals surface area contributed by atoms with Gasteiger partial charge in [-0.15, -0.1) is 0 Å². The zero-order valence-corrected chi connectivity index (χ0v) is 11.6. The lowest BCUT2D eigenvalue weighted by Crippen LogP contribution is -2.31. The highest BCUT2D eigenvalue weighted by Gasteiger charge is 2.47. The second-order valence-electron chi connectivity index (χ2n) is 5.00. The van der Waals surface area contributed by atoms with E-state index in [1.54, 1.807) is 30.3 Å². The minimum absolute atomic E-state index is 0.0835. The molecule has 0 saturated carbocycles. The minimum Gasteiger partial charge on any atom is -0.491 e. The van der Waals surface area contributed by atoms with Crippen LogP contribution < -0.4 is 4.74 Å². The molecule has 1 atom stereocenters. The highest BCUT2D eigenvalue weighted by molar-refractivity contribution is 5.57. The number of nitriles is 2. The summed E-state index contributed by atoms with van der Waals surface area (Å²) in [5.74, 6) is 0.400. The first-order chi connectivity index (χ1) is 10.9. The molecule has 114 valence electrons. The average Bonchev–Trinajstić information content (AvgIpc) is 2.93. The summed E-state index contributed by atoms with van der Waals surface area (Å²) in [7, 11) is 0. The van der Waals surface area contributed by atoms with Gasteiger partial charge in [0, 0.05) is 5.56 Å². The van der Waals surface area contributed by atoms with E-state index in [-0.39, 0.29) is 17.9 Å². The Hall–Kier alpha value is -3.06. The second kappa shape index (κ2) is 4.99. The van der Waals surface area contributed by atoms with Gasteiger partial charge in [-0.1, -0.05) is 18.2 Å². The van der Waals surface area contributed by atoms with Crippen molar-refractivity contribution in [2.24, 2.45) is 0 Å². The SMILES string of the molecule is N#Cc1ccc(C(F)(F)F)nc1C1(C#N)COc2ccccc21. The Morgan fingerprint density at radius 2 is 1.87 bits per heavy atom. The first-order valence-corrected chi connectivity index (χ1v) is 6.55. The molecule has 23 heavy (non-hydrogen) atoms. The normalized spacial score (nSPS) is 19.3. The molecule has 2 aromatic rings. The van der Waals surface area contributed by atoms with Crippen LogP contribution in [-0.2, 0) is 11.6 Å². The molecule has 0 N–H and O–H groups in total. The van der Waals surface area contributed by atoms with Crippen LogP contribution in [0.1, 0.15) is 22.5 Å². The summed E-state index contributed by atoms with van der Waals surface area (Å²) in [6.45, 7) is -0.189. The number of nitrogens with zero attached hydrogens (tertiary/aromatic N) is 3. The van der Waals surface area contributed by atoms with Gasteiger partial charge in [0.05, 0.1) is 17.3 Å². The highest BCUT2D eigenvalue weighted by atomic mass is 19.4. The molecule has 0 amide bonds. The van der Waals surface area contributed by atoms with Crippen molar-refractivity contribution in [1.82, 2.24) is 4.98 Å². The van der Waals surface area contributed by atoms with Crippen LogP contribution in [0.15, 0.2) is 36.4 Å². The van der Waals surface area contributed by atoms with Crippen molar-refractivity contribution in [2.75, 3.05) is 6.61 Å². The quantitative estimate of drug-likeness (QED) is 0.810. The lowest BCUT2D eigenvalue weighted by atomic mass is 9.78. The molecule has 3 rings (SSSR count). The van der Waals surface area contributed by atoms with Gasteiger partial charge in [0.2, 0.25) is 0 Å². The van der Waals surface area contributed by atoms with Gasteiger partial charge in [-0.3, -0.25) is 0 Å². The van der Waals surface area contributed by atoms with Crippen LogP contribution in [0.3, 0.4) is 0 Å². The molecule has 7 heteroatoms. The maximum Gasteiger partial charge on any atom is 0.433 e. The van der Waals surface area contributed by atoms with E-state index in [2.05, 4.69) is 4.98 Å². The second-order valence-corrected chi connectivity index (χ2v) is 5.00. The van der Waals surface area contributed by atoms with Gasteiger partial charge in [-0.2, -0.15) is 23.7 Å². The number of rotatable bonds is 1. The van der Waals surface area contributed by atoms with Gasteiger partial charge in [0.15, 0.2) is 5.41 Å². The molecular formula is C16H8F3N3O. The van der Waals surface area contributed by atoms with Crippen LogP contribution >= 0.6 is 0 Å². The molecule has 1 aliphatic rings. The smallest absolute Gasteiger partial charge is 0.433 e. The zero-order chi connectivity index (χ0) is 16.7. The molecule has 0 saturated heterocycles. The number of alkyl halides is 3. The van der Waals surface area contributed by atoms with Crippen molar-refractivity contribution in [3.8, 4) is 17.9 Å². The molecule has 0 radical (unpaired) electrons. The number of aromatic nitrogens is 1. The third-order valence-electron chi connectivity index (χ3n) is 3.69. The van der Waals surface area contributed by atoms with Crippen LogP contribution in [-0.4, -0.2) is 11.6 Å². The molecule has 4 nitrogen and oxygen atoms in total. The van der Waals surface area contributed by atoms with E-state index in [1.165, 1.54) is 0 Å². The summed E-state index contributed by atoms with van der Waals surface area (Å²) < 4.78 is 44.3. The maximum absolute atomic E-state index is 13.0. The number of pyridine rings is 1. The molecule has 0 spiro atoms. The molecule has 1 aromatic carbocycles. The highest BCUT2D eigenvalue weighted by Crippen LogP contribution is 2.44. The fourth-order valence-electron chi connectivity index (χ4n) is 2.58. The Kier molecular flexibility index (Phi) is 3.23. The fraction of sp³-hybridized carbons (Fsp3) is 0.188. The van der Waals surface area contributed by atoms with Crippen LogP contribution in [0.4, 0.5) is 13.2 Å². The number of hydrogen-bond acceptors (Lipinski definition) is 4. The maximum atomic E-state index is 13.0. The standard InChI is InChI=1S/C16H8F3N3O/c17-16(18,19)13-6-5-10(7-20)14(22-13)15(8-21)9-23-12-4-2-1-3-11(12)15/h1-6H,9H2. The van der Waals surface area contributed by atoms with Crippen molar-refractivity contribution < 1.29 is 17.9 Å². The molecule has 0 bridgehead atoms. The Bertz CT molecular complexity index is 864. The van der Waals surface area contributed by atoms with E-state index >= 15 is 0 Å². The van der Waals surface area contributed by atoms with Crippen molar-refractivity contribution >= 4 is 0 Å². The van der Waals surface area contributed by atoms with Crippen LogP contribution in [0, 0.1) is 22.7 Å². The van der Waals surface area contributed by atoms with Crippen molar-refractivity contribution in [3.05, 3.63) is 58.9 Å². The summed E-state index contributed by atoms with van der Waals surface area (Å²) in [6, 6.07) is 12.1. The molecule has 1 unspecified atom stereocenters. The van der Waals surface area contributed by atoms with Gasteiger partial charge in [-0.25, -0.2) is 4.98 Å². The number of para-hydroxylation sites is 1. The topological polar surface area (TPSA) is 69.7 Å². The third-order valence-corrected chi connectivity index (χ3v) is 3.69. The van der Waals surface area contributed by atoms with Crippen molar-refractivity contribution in [1.29, 1.82) is 10.5 Å². The molecular weight excluding hydrogens is 307 g/mol. The van der Waals surface area contributed by atoms with Crippen molar-refractivity contribution in [2.45, 2.75) is 11.6 Å². The Labute approximate surface area is 129 Å². The van der Waals surface area contributed by atoms with E-state index in [0.717, 1.165) is 12.1 Å². The molecule has 2 heterocycles. The number of fused-ring (bicyclic) bond motifs is 1. The van der Waals surface area contributed by atoms with E-state index in [1.807, 2.05) is 6.07 Å². The number of halogens is 3. The van der Waals surface area contributed by atoms with E-state index in [4.69, 9.17) is 4.74 Å². The third kappa shape index (κ3) is 2.18. The van der Waals surface area contributed by atoms with Gasteiger partial charge >= 0.3 is 6.18 Å². The lowest BCUT2D eigenvalue weighted by Gasteiger charge is -2.21. The Morgan fingerprint density at radius 1 is 1.13 bits per heavy atom. The monoisotopic (exact) mass is 315 g/mol. The Morgan fingerprint density at radius 3 is 2.52 bits per heavy atom. The number of benzene rings is 1. The van der Waals surface area contributed by atoms with Crippen molar-refractivity contribution in [3.63, 3.8) is 0 Å². The summed E-state index contributed by atoms with van der Waals surface area (Å²) in [4.78, 5) is 3.59. The van der Waals surface area contributed by atoms with Crippen LogP contribution in [0.5, 0.6) is 5.75 Å². The fourth-order valence-corrected chi connectivity index (χ4v) is 2.58. The summed E-state index contributed by atoms with van der Waals surface area (Å²) >= 11 is 0. The molecule has 1 aliphatic heterocycles. The first-order valence-electron chi connectivity index (χ1n) is 6.55. The summed E-state index contributed by atoms with van der Waals surface area (Å²) in [6.07, 6.45) is -4.67. The van der Waals surface area contributed by atoms with Gasteiger partial charge < -0.3 is 4.74 Å². The van der Waals surface area contributed by atoms with Crippen LogP contribution in [0.25, 0.3) is 0 Å². The predicted octanol–water partition coefficient (Wildman–Crippen LogP) is 3.17. The van der Waals surface area contributed by atoms with E-state index in [0.29, 0.717) is 11.3 Å². The van der Waals surface area contributed by atoms with Gasteiger partial charge in [0.1, 0.15) is 24.1 Å². The lowest BCUT2D eigenvalue weighted by molar-refractivity contribution is -0.141. The summed E-state index contributed by atoms with van der Waals surface area (Å²) in [5.41, 5.74) is -2.60. The van der Waals surface area contributed by atoms with Crippen LogP contribution in [0.2, 0.25) is 0 Å². The predicted molar refractivity (Wildman–Crippen MR) is 72.3 cm³/mol. The number of ether oxygens (including phenoxy) is 1. The molecule has 0 fully saturated rings. The van der Waals surface area contributed by atoms with Gasteiger partial charge in [-0.05, 0) is 18.2 Å². The van der Waals surface area contributed by atoms with E-state index in [9.17, 15) is 23.7 Å². The summed E-state index contributed by atoms with van der Waals surface area (Å²) in [5, 5.41) is 18.9. The molecule has 0 aliphatic carbocycles. The molecule has 1 aromatic heterocycles. The largest absolute Gasteiger partial charge is 0.491 e. The Balaban J connectivity index is 2.29. The minimum atomic E-state index is -4.67. The first kappa shape index (κ1) is 14.9. The number of hydrogen-bond donors (Lipinski definition) is 0. The zero-order valence-electron chi connectivity index (χ0n) is 11.6. The van der Waals surface area contributed by atoms with E-state index < -0.39 is 17.3 Å².